The predicted molar refractivity (Wildman–Crippen MR) is 338 cm³/mol. The summed E-state index contributed by atoms with van der Waals surface area (Å²) in [6, 6.07) is 37.6. The first-order valence-electron chi connectivity index (χ1n) is 30.1. The Hall–Kier alpha value is -9.91. The number of hydrogen-bond donors (Lipinski definition) is 5. The molecule has 24 heteroatoms. The normalized spacial score (nSPS) is 12.0. The Morgan fingerprint density at radius 3 is 1.94 bits per heavy atom. The Bertz CT molecular complexity index is 4080. The Labute approximate surface area is 532 Å². The van der Waals surface area contributed by atoms with Gasteiger partial charge < -0.3 is 46.4 Å². The van der Waals surface area contributed by atoms with E-state index in [0.717, 1.165) is 33.3 Å². The number of primary amides is 1. The molecule has 0 saturated heterocycles. The summed E-state index contributed by atoms with van der Waals surface area (Å²) in [7, 11) is 1.76. The van der Waals surface area contributed by atoms with Gasteiger partial charge in [0.2, 0.25) is 57.9 Å². The molecule has 488 valence electrons. The van der Waals surface area contributed by atoms with Crippen LogP contribution in [0.4, 0.5) is 38.1 Å². The number of hydrogen-bond acceptors (Lipinski definition) is 12. The number of rotatable bonds is 31. The van der Waals surface area contributed by atoms with E-state index >= 15 is 0 Å². The van der Waals surface area contributed by atoms with Crippen molar-refractivity contribution in [3.05, 3.63) is 195 Å². The van der Waals surface area contributed by atoms with Crippen molar-refractivity contribution in [3.8, 4) is 33.8 Å². The van der Waals surface area contributed by atoms with Crippen molar-refractivity contribution in [2.24, 2.45) is 24.6 Å². The molecule has 2 heterocycles. The third kappa shape index (κ3) is 17.0. The van der Waals surface area contributed by atoms with Gasteiger partial charge in [-0.3, -0.25) is 33.4 Å². The molecule has 0 aliphatic rings. The van der Waals surface area contributed by atoms with Crippen LogP contribution in [0.5, 0.6) is 5.75 Å². The minimum absolute atomic E-state index is 0.000651. The van der Waals surface area contributed by atoms with E-state index in [4.69, 9.17) is 25.7 Å². The number of aromatic nitrogens is 3. The SMILES string of the molecule is Cc1ccc(C(=O)c2c(-c3ccccc3)n(C)n(-c3ccccc3)c2=O)c(N)c1-c1ccc2c(ccc(C)[n+]2Cc2ccc(NC(=O)[C@H](CCCNC(N)=O)CC(=O)[C@@H](NC(=O)CCOCCOCCOCCC(=O)Oc3c(F)c(F)c(F)c(F)c3F)C(C)C)cc2)c1. The topological polar surface area (TPSA) is 258 Å². The van der Waals surface area contributed by atoms with Crippen molar-refractivity contribution < 1.29 is 74.2 Å². The lowest BCUT2D eigenvalue weighted by atomic mass is 9.89. The van der Waals surface area contributed by atoms with Crippen LogP contribution in [-0.2, 0) is 47.0 Å². The number of ether oxygens (including phenoxy) is 4. The number of nitrogens with one attached hydrogen (secondary N) is 3. The van der Waals surface area contributed by atoms with Crippen molar-refractivity contribution in [3.63, 3.8) is 0 Å². The van der Waals surface area contributed by atoms with Crippen LogP contribution in [0, 0.1) is 54.8 Å². The molecule has 93 heavy (non-hydrogen) atoms. The minimum Gasteiger partial charge on any atom is -0.420 e. The third-order valence-corrected chi connectivity index (χ3v) is 15.6. The number of aryl methyl sites for hydroxylation is 2. The molecule has 4 amide bonds. The van der Waals surface area contributed by atoms with Gasteiger partial charge in [0.25, 0.3) is 5.56 Å². The Morgan fingerprint density at radius 1 is 0.688 bits per heavy atom. The number of ketones is 2. The molecule has 7 N–H and O–H groups in total. The fraction of sp³-hybridized carbons (Fsp3) is 0.304. The second kappa shape index (κ2) is 31.9. The highest BCUT2D eigenvalue weighted by Crippen LogP contribution is 2.36. The number of nitrogens with zero attached hydrogens (tertiary/aromatic N) is 3. The summed E-state index contributed by atoms with van der Waals surface area (Å²) in [5.41, 5.74) is 19.6. The zero-order chi connectivity index (χ0) is 67.0. The van der Waals surface area contributed by atoms with Crippen LogP contribution in [0.15, 0.2) is 132 Å². The molecular formula is C69H72F5N8O11+. The summed E-state index contributed by atoms with van der Waals surface area (Å²) in [6.45, 7) is 7.85. The van der Waals surface area contributed by atoms with E-state index in [9.17, 15) is 55.5 Å². The molecule has 8 rings (SSSR count). The quantitative estimate of drug-likeness (QED) is 0.00313. The number of amides is 4. The smallest absolute Gasteiger partial charge is 0.313 e. The van der Waals surface area contributed by atoms with Crippen molar-refractivity contribution in [1.29, 1.82) is 0 Å². The highest BCUT2D eigenvalue weighted by atomic mass is 19.2. The molecule has 2 atom stereocenters. The van der Waals surface area contributed by atoms with Crippen molar-refractivity contribution in [1.82, 2.24) is 20.0 Å². The Balaban J connectivity index is 0.849. The number of anilines is 2. The van der Waals surface area contributed by atoms with Gasteiger partial charge in [-0.25, -0.2) is 22.6 Å². The minimum atomic E-state index is -2.39. The summed E-state index contributed by atoms with van der Waals surface area (Å²) in [5.74, 6) is -17.5. The number of benzene rings is 6. The summed E-state index contributed by atoms with van der Waals surface area (Å²) < 4.78 is 93.3. The maximum absolute atomic E-state index is 14.8. The summed E-state index contributed by atoms with van der Waals surface area (Å²) >= 11 is 0. The zero-order valence-electron chi connectivity index (χ0n) is 51.9. The second-order valence-electron chi connectivity index (χ2n) is 22.4. The number of Topliss-reactive ketones (excluding diaryl/α,β-unsaturated/α-hetero) is 1. The van der Waals surface area contributed by atoms with E-state index in [1.54, 1.807) is 43.8 Å². The van der Waals surface area contributed by atoms with Gasteiger partial charge in [-0.15, -0.1) is 0 Å². The highest BCUT2D eigenvalue weighted by Gasteiger charge is 2.33. The van der Waals surface area contributed by atoms with Crippen molar-refractivity contribution in [2.45, 2.75) is 72.4 Å². The molecule has 2 aromatic heterocycles. The van der Waals surface area contributed by atoms with E-state index in [-0.39, 0.29) is 94.0 Å². The molecule has 8 aromatic rings. The first-order chi connectivity index (χ1) is 44.6. The van der Waals surface area contributed by atoms with Crippen molar-refractivity contribution in [2.75, 3.05) is 57.2 Å². The van der Waals surface area contributed by atoms with Gasteiger partial charge in [-0.2, -0.15) is 13.3 Å². The fourth-order valence-corrected chi connectivity index (χ4v) is 10.8. The monoisotopic (exact) mass is 1280 g/mol. The fourth-order valence-electron chi connectivity index (χ4n) is 10.8. The first kappa shape index (κ1) is 69.0. The van der Waals surface area contributed by atoms with E-state index in [2.05, 4.69) is 25.3 Å². The summed E-state index contributed by atoms with van der Waals surface area (Å²) in [5, 5.41) is 9.12. The van der Waals surface area contributed by atoms with Crippen LogP contribution < -0.4 is 42.3 Å². The zero-order valence-corrected chi connectivity index (χ0v) is 51.9. The number of esters is 1. The number of nitrogens with two attached hydrogens (primary N) is 2. The van der Waals surface area contributed by atoms with Crippen molar-refractivity contribution >= 4 is 57.7 Å². The standard InChI is InChI=1S/C69H71F5N8O11/c1-40(2)63(79-53(84)28-31-90-33-35-92-36-34-91-32-29-54(85)93-66-60(73)58(71)57(70)59(72)61(66)74)52(83)38-47(15-12-30-77-69(76)89)67(87)78-48-24-20-43(21-25-48)39-81-42(4)19-22-45-37-46(23-27-51(45)81)55-41(3)18-26-50(62(55)75)65(86)56-64(44-13-8-6-9-14-44)80(5)82(68(56)88)49-16-10-7-11-17-49/h6-11,13-14,16-27,37,40,47,63H,12,15,28-36,38-39H2,1-5H3,(H6-,75,76,77,78,79,84,86,87,89)/p+1/t47-,63+/m1/s1. The number of pyridine rings is 1. The van der Waals surface area contributed by atoms with E-state index in [0.29, 0.717) is 41.2 Å². The molecule has 0 saturated carbocycles. The van der Waals surface area contributed by atoms with Gasteiger partial charge >= 0.3 is 12.0 Å². The molecule has 0 bridgehead atoms. The van der Waals surface area contributed by atoms with Crippen LogP contribution in [-0.4, -0.2) is 97.0 Å². The largest absolute Gasteiger partial charge is 0.420 e. The molecule has 0 aliphatic carbocycles. The average molecular weight is 1280 g/mol. The van der Waals surface area contributed by atoms with E-state index in [1.165, 1.54) is 4.68 Å². The van der Waals surface area contributed by atoms with Gasteiger partial charge in [-0.05, 0) is 85.3 Å². The van der Waals surface area contributed by atoms with Gasteiger partial charge in [-0.1, -0.05) is 80.6 Å². The molecule has 6 aromatic carbocycles. The lowest BCUT2D eigenvalue weighted by Gasteiger charge is -2.24. The number of fused-ring (bicyclic) bond motifs is 1. The number of carbonyl (C=O) groups is 6. The second-order valence-corrected chi connectivity index (χ2v) is 22.4. The predicted octanol–water partition coefficient (Wildman–Crippen LogP) is 9.66. The average Bonchev–Trinajstić information content (AvgIpc) is 1.65. The van der Waals surface area contributed by atoms with Crippen LogP contribution in [0.2, 0.25) is 0 Å². The van der Waals surface area contributed by atoms with Gasteiger partial charge in [0.15, 0.2) is 18.0 Å². The van der Waals surface area contributed by atoms with Gasteiger partial charge in [0.05, 0.1) is 69.2 Å². The number of carbonyl (C=O) groups excluding carboxylic acids is 6. The number of urea groups is 1. The number of nitrogen functional groups attached to an aromatic ring is 1. The van der Waals surface area contributed by atoms with Crippen LogP contribution in [0.1, 0.15) is 78.7 Å². The molecule has 19 nitrogen and oxygen atoms in total. The first-order valence-corrected chi connectivity index (χ1v) is 30.1. The van der Waals surface area contributed by atoms with E-state index in [1.807, 2.05) is 123 Å². The summed E-state index contributed by atoms with van der Waals surface area (Å²) in [4.78, 5) is 93.6. The maximum atomic E-state index is 14.8. The lowest BCUT2D eigenvalue weighted by Crippen LogP contribution is -2.45. The highest BCUT2D eigenvalue weighted by molar-refractivity contribution is 6.16. The van der Waals surface area contributed by atoms with E-state index < -0.39 is 88.4 Å². The lowest BCUT2D eigenvalue weighted by molar-refractivity contribution is -0.668. The van der Waals surface area contributed by atoms with Gasteiger partial charge in [0.1, 0.15) is 5.56 Å². The Morgan fingerprint density at radius 2 is 1.30 bits per heavy atom. The molecule has 0 unspecified atom stereocenters. The summed E-state index contributed by atoms with van der Waals surface area (Å²) in [6.07, 6.45) is -0.376. The third-order valence-electron chi connectivity index (χ3n) is 15.6. The molecule has 0 radical (unpaired) electrons. The number of para-hydroxylation sites is 1. The van der Waals surface area contributed by atoms with Crippen LogP contribution in [0.3, 0.4) is 0 Å². The number of halogens is 5. The molecular weight excluding hydrogens is 1210 g/mol. The van der Waals surface area contributed by atoms with Crippen LogP contribution in [0.25, 0.3) is 39.0 Å². The van der Waals surface area contributed by atoms with Crippen LogP contribution >= 0.6 is 0 Å². The Kier molecular flexibility index (Phi) is 23.7. The maximum Gasteiger partial charge on any atom is 0.313 e. The molecule has 0 spiro atoms. The molecule has 0 aliphatic heterocycles. The van der Waals surface area contributed by atoms with Gasteiger partial charge in [0, 0.05) is 84.7 Å². The molecule has 0 fully saturated rings.